The summed E-state index contributed by atoms with van der Waals surface area (Å²) in [7, 11) is 0. The van der Waals surface area contributed by atoms with Crippen molar-refractivity contribution >= 4 is 11.6 Å². The van der Waals surface area contributed by atoms with Gasteiger partial charge in [-0.3, -0.25) is 9.69 Å². The first-order chi connectivity index (χ1) is 9.74. The Bertz CT molecular complexity index is 431. The molecule has 5 heteroatoms. The van der Waals surface area contributed by atoms with Crippen LogP contribution in [0.15, 0.2) is 24.3 Å². The number of hydrogen-bond donors (Lipinski definition) is 2. The number of ether oxygens (including phenoxy) is 1. The highest BCUT2D eigenvalue weighted by Crippen LogP contribution is 2.08. The molecule has 0 saturated carbocycles. The van der Waals surface area contributed by atoms with E-state index in [1.54, 1.807) is 0 Å². The molecule has 0 atom stereocenters. The monoisotopic (exact) mass is 277 g/mol. The molecule has 1 aliphatic rings. The highest BCUT2D eigenvalue weighted by molar-refractivity contribution is 5.76. The molecule has 0 unspecified atom stereocenters. The zero-order chi connectivity index (χ0) is 14.2. The predicted molar refractivity (Wildman–Crippen MR) is 79.4 cm³/mol. The van der Waals surface area contributed by atoms with Gasteiger partial charge in [0.25, 0.3) is 0 Å². The Labute approximate surface area is 120 Å². The maximum absolute atomic E-state index is 11.8. The minimum atomic E-state index is 0.0979. The molecule has 1 aromatic rings. The standard InChI is InChI=1S/C15H23N3O2/c16-14-3-1-2-13(12-14)4-5-15(19)17-6-7-18-8-10-20-11-9-18/h1-3,12H,4-11,16H2,(H,17,19). The minimum Gasteiger partial charge on any atom is -0.399 e. The van der Waals surface area contributed by atoms with Crippen molar-refractivity contribution in [2.45, 2.75) is 12.8 Å². The molecule has 0 radical (unpaired) electrons. The van der Waals surface area contributed by atoms with Crippen molar-refractivity contribution in [1.29, 1.82) is 0 Å². The lowest BCUT2D eigenvalue weighted by atomic mass is 10.1. The first kappa shape index (κ1) is 14.8. The van der Waals surface area contributed by atoms with Crippen molar-refractivity contribution in [1.82, 2.24) is 10.2 Å². The third kappa shape index (κ3) is 5.19. The number of carbonyl (C=O) groups is 1. The number of rotatable bonds is 6. The summed E-state index contributed by atoms with van der Waals surface area (Å²) in [4.78, 5) is 14.1. The fraction of sp³-hybridized carbons (Fsp3) is 0.533. The predicted octanol–water partition coefficient (Wildman–Crippen LogP) is 0.650. The summed E-state index contributed by atoms with van der Waals surface area (Å²) in [5, 5.41) is 2.96. The van der Waals surface area contributed by atoms with Crippen LogP contribution in [0.2, 0.25) is 0 Å². The topological polar surface area (TPSA) is 67.6 Å². The summed E-state index contributed by atoms with van der Waals surface area (Å²) in [5.41, 5.74) is 7.56. The summed E-state index contributed by atoms with van der Waals surface area (Å²) in [5.74, 6) is 0.0979. The number of anilines is 1. The molecule has 0 aliphatic carbocycles. The van der Waals surface area contributed by atoms with Gasteiger partial charge in [0.2, 0.25) is 5.91 Å². The number of nitrogen functional groups attached to an aromatic ring is 1. The number of carbonyl (C=O) groups excluding carboxylic acids is 1. The Morgan fingerprint density at radius 2 is 2.15 bits per heavy atom. The zero-order valence-electron chi connectivity index (χ0n) is 11.8. The number of morpholine rings is 1. The van der Waals surface area contributed by atoms with Gasteiger partial charge in [-0.05, 0) is 24.1 Å². The molecular weight excluding hydrogens is 254 g/mol. The molecule has 0 spiro atoms. The molecule has 1 aliphatic heterocycles. The van der Waals surface area contributed by atoms with Crippen LogP contribution in [0.1, 0.15) is 12.0 Å². The van der Waals surface area contributed by atoms with Crippen LogP contribution in [0.5, 0.6) is 0 Å². The van der Waals surface area contributed by atoms with Crippen LogP contribution in [0.3, 0.4) is 0 Å². The van der Waals surface area contributed by atoms with Gasteiger partial charge in [-0.15, -0.1) is 0 Å². The second-order valence-electron chi connectivity index (χ2n) is 5.05. The van der Waals surface area contributed by atoms with E-state index in [-0.39, 0.29) is 5.91 Å². The Morgan fingerprint density at radius 3 is 2.90 bits per heavy atom. The highest BCUT2D eigenvalue weighted by atomic mass is 16.5. The third-order valence-corrected chi connectivity index (χ3v) is 3.45. The van der Waals surface area contributed by atoms with Crippen LogP contribution in [0, 0.1) is 0 Å². The first-order valence-electron chi connectivity index (χ1n) is 7.15. The van der Waals surface area contributed by atoms with Gasteiger partial charge in [0.15, 0.2) is 0 Å². The second-order valence-corrected chi connectivity index (χ2v) is 5.05. The molecule has 3 N–H and O–H groups in total. The summed E-state index contributed by atoms with van der Waals surface area (Å²) >= 11 is 0. The lowest BCUT2D eigenvalue weighted by Gasteiger charge is -2.26. The zero-order valence-corrected chi connectivity index (χ0v) is 11.8. The third-order valence-electron chi connectivity index (χ3n) is 3.45. The Balaban J connectivity index is 1.60. The van der Waals surface area contributed by atoms with Gasteiger partial charge in [-0.1, -0.05) is 12.1 Å². The van der Waals surface area contributed by atoms with E-state index < -0.39 is 0 Å². The summed E-state index contributed by atoms with van der Waals surface area (Å²) in [6.07, 6.45) is 1.24. The van der Waals surface area contributed by atoms with Gasteiger partial charge in [-0.25, -0.2) is 0 Å². The van der Waals surface area contributed by atoms with E-state index in [1.807, 2.05) is 24.3 Å². The lowest BCUT2D eigenvalue weighted by Crippen LogP contribution is -2.41. The molecule has 1 amide bonds. The molecule has 1 heterocycles. The van der Waals surface area contributed by atoms with Crippen molar-refractivity contribution in [2.75, 3.05) is 45.1 Å². The molecule has 5 nitrogen and oxygen atoms in total. The molecule has 1 aromatic carbocycles. The number of nitrogens with zero attached hydrogens (tertiary/aromatic N) is 1. The van der Waals surface area contributed by atoms with Crippen LogP contribution < -0.4 is 11.1 Å². The van der Waals surface area contributed by atoms with E-state index in [0.29, 0.717) is 13.0 Å². The first-order valence-corrected chi connectivity index (χ1v) is 7.15. The van der Waals surface area contributed by atoms with Crippen molar-refractivity contribution < 1.29 is 9.53 Å². The Hall–Kier alpha value is -1.59. The smallest absolute Gasteiger partial charge is 0.220 e. The molecule has 20 heavy (non-hydrogen) atoms. The highest BCUT2D eigenvalue weighted by Gasteiger charge is 2.10. The molecule has 1 fully saturated rings. The van der Waals surface area contributed by atoms with E-state index in [4.69, 9.17) is 10.5 Å². The maximum Gasteiger partial charge on any atom is 0.220 e. The average Bonchev–Trinajstić information content (AvgIpc) is 2.46. The quantitative estimate of drug-likeness (QED) is 0.749. The fourth-order valence-corrected chi connectivity index (χ4v) is 2.27. The normalized spacial score (nSPS) is 16.0. The van der Waals surface area contributed by atoms with Gasteiger partial charge in [0.1, 0.15) is 0 Å². The van der Waals surface area contributed by atoms with Crippen LogP contribution in [0.25, 0.3) is 0 Å². The number of aryl methyl sites for hydroxylation is 1. The molecule has 1 saturated heterocycles. The number of nitrogens with one attached hydrogen (secondary N) is 1. The summed E-state index contributed by atoms with van der Waals surface area (Å²) < 4.78 is 5.29. The van der Waals surface area contributed by atoms with Crippen molar-refractivity contribution in [3.05, 3.63) is 29.8 Å². The van der Waals surface area contributed by atoms with Gasteiger partial charge in [0.05, 0.1) is 13.2 Å². The van der Waals surface area contributed by atoms with Gasteiger partial charge >= 0.3 is 0 Å². The Morgan fingerprint density at radius 1 is 1.35 bits per heavy atom. The van der Waals surface area contributed by atoms with Gasteiger partial charge < -0.3 is 15.8 Å². The average molecular weight is 277 g/mol. The largest absolute Gasteiger partial charge is 0.399 e. The maximum atomic E-state index is 11.8. The Kier molecular flexibility index (Phi) is 5.83. The number of benzene rings is 1. The molecule has 0 aromatic heterocycles. The van der Waals surface area contributed by atoms with Crippen LogP contribution in [0.4, 0.5) is 5.69 Å². The van der Waals surface area contributed by atoms with E-state index in [0.717, 1.165) is 50.5 Å². The van der Waals surface area contributed by atoms with Crippen LogP contribution in [-0.2, 0) is 16.0 Å². The number of amides is 1. The van der Waals surface area contributed by atoms with E-state index in [1.165, 1.54) is 0 Å². The fourth-order valence-electron chi connectivity index (χ4n) is 2.27. The number of hydrogen-bond acceptors (Lipinski definition) is 4. The van der Waals surface area contributed by atoms with Crippen LogP contribution >= 0.6 is 0 Å². The van der Waals surface area contributed by atoms with E-state index in [2.05, 4.69) is 10.2 Å². The van der Waals surface area contributed by atoms with Crippen molar-refractivity contribution in [2.24, 2.45) is 0 Å². The van der Waals surface area contributed by atoms with Gasteiger partial charge in [0, 0.05) is 38.3 Å². The van der Waals surface area contributed by atoms with Crippen LogP contribution in [-0.4, -0.2) is 50.2 Å². The summed E-state index contributed by atoms with van der Waals surface area (Å²) in [6.45, 7) is 5.11. The number of nitrogens with two attached hydrogens (primary N) is 1. The summed E-state index contributed by atoms with van der Waals surface area (Å²) in [6, 6.07) is 7.69. The van der Waals surface area contributed by atoms with Crippen molar-refractivity contribution in [3.8, 4) is 0 Å². The van der Waals surface area contributed by atoms with Gasteiger partial charge in [-0.2, -0.15) is 0 Å². The molecule has 0 bridgehead atoms. The van der Waals surface area contributed by atoms with E-state index in [9.17, 15) is 4.79 Å². The minimum absolute atomic E-state index is 0.0979. The lowest BCUT2D eigenvalue weighted by molar-refractivity contribution is -0.121. The molecule has 110 valence electrons. The second kappa shape index (κ2) is 7.87. The van der Waals surface area contributed by atoms with E-state index >= 15 is 0 Å². The molecular formula is C15H23N3O2. The SMILES string of the molecule is Nc1cccc(CCC(=O)NCCN2CCOCC2)c1. The molecule has 2 rings (SSSR count). The van der Waals surface area contributed by atoms with Crippen molar-refractivity contribution in [3.63, 3.8) is 0 Å².